The number of carbonyl (C=O) groups excluding carboxylic acids is 3. The number of carbonyl (C=O) groups is 3. The number of aliphatic hydroxyl groups excluding tert-OH is 1. The number of aromatic hydroxyl groups is 2. The Labute approximate surface area is 223 Å². The van der Waals surface area contributed by atoms with Gasteiger partial charge in [-0.15, -0.1) is 0 Å². The molecule has 0 radical (unpaired) electrons. The number of fused-ring (bicyclic) bond motifs is 3. The number of hydrogen-bond donors (Lipinski definition) is 6. The minimum Gasteiger partial charge on any atom is -0.507 e. The molecule has 208 valence electrons. The lowest BCUT2D eigenvalue weighted by molar-refractivity contribution is -0.248. The van der Waals surface area contributed by atoms with Gasteiger partial charge in [0.15, 0.2) is 17.9 Å². The van der Waals surface area contributed by atoms with Crippen molar-refractivity contribution >= 4 is 17.7 Å². The van der Waals surface area contributed by atoms with Crippen LogP contribution in [0.15, 0.2) is 24.3 Å². The monoisotopic (exact) mass is 542 g/mol. The number of alkyl carbamates (subject to hydrolysis) is 1. The van der Waals surface area contributed by atoms with Crippen LogP contribution in [0.1, 0.15) is 68.8 Å². The molecule has 12 nitrogen and oxygen atoms in total. The first-order valence-corrected chi connectivity index (χ1v) is 12.6. The minimum absolute atomic E-state index is 0.00680. The van der Waals surface area contributed by atoms with Gasteiger partial charge >= 0.3 is 6.09 Å². The van der Waals surface area contributed by atoms with Gasteiger partial charge in [0.2, 0.25) is 0 Å². The number of ketones is 2. The van der Waals surface area contributed by atoms with Gasteiger partial charge in [-0.25, -0.2) is 4.79 Å². The highest BCUT2D eigenvalue weighted by Crippen LogP contribution is 2.51. The predicted molar refractivity (Wildman–Crippen MR) is 134 cm³/mol. The SMILES string of the molecule is CNC(=O)OC[C@]1(O)Cc2c(O)c3c(c(O)c2[C@@H](OC2CC(N)C(O)C(C)O2)C1)C(=O)c1ccccc1C3=O. The highest BCUT2D eigenvalue weighted by atomic mass is 16.7. The summed E-state index contributed by atoms with van der Waals surface area (Å²) >= 11 is 0. The second kappa shape index (κ2) is 9.88. The lowest BCUT2D eigenvalue weighted by Gasteiger charge is -2.42. The number of rotatable bonds is 4. The Hall–Kier alpha value is -3.55. The molecule has 1 heterocycles. The first-order chi connectivity index (χ1) is 18.5. The van der Waals surface area contributed by atoms with Crippen LogP contribution in [0.25, 0.3) is 0 Å². The molecule has 1 fully saturated rings. The van der Waals surface area contributed by atoms with Crippen LogP contribution in [0.3, 0.4) is 0 Å². The number of phenols is 2. The van der Waals surface area contributed by atoms with Crippen LogP contribution in [0.4, 0.5) is 4.79 Å². The standard InChI is InChI=1S/C27H30N2O10/c1-11-21(30)15(28)7-17(38-11)39-16-9-27(36,10-37-26(35)29-2)8-14-18(16)25(34)20-19(24(14)33)22(31)12-5-3-4-6-13(12)23(20)32/h3-6,11,15-17,21,30,33-34,36H,7-10,28H2,1-2H3,(H,29,35)/t11?,15?,16-,17?,21?,27-/m0/s1. The van der Waals surface area contributed by atoms with Crippen molar-refractivity contribution in [2.24, 2.45) is 5.73 Å². The van der Waals surface area contributed by atoms with Crippen LogP contribution in [0.2, 0.25) is 0 Å². The van der Waals surface area contributed by atoms with Gasteiger partial charge in [-0.2, -0.15) is 0 Å². The second-order valence-electron chi connectivity index (χ2n) is 10.3. The highest BCUT2D eigenvalue weighted by molar-refractivity contribution is 6.30. The maximum Gasteiger partial charge on any atom is 0.406 e. The van der Waals surface area contributed by atoms with Gasteiger partial charge in [0.05, 0.1) is 29.4 Å². The number of benzene rings is 2. The van der Waals surface area contributed by atoms with E-state index in [-0.39, 0.29) is 52.6 Å². The van der Waals surface area contributed by atoms with Crippen molar-refractivity contribution < 1.29 is 49.0 Å². The molecule has 2 aliphatic carbocycles. The van der Waals surface area contributed by atoms with Crippen LogP contribution in [0, 0.1) is 0 Å². The number of nitrogens with one attached hydrogen (secondary N) is 1. The molecule has 3 aliphatic rings. The molecule has 39 heavy (non-hydrogen) atoms. The molecular weight excluding hydrogens is 512 g/mol. The molecule has 5 rings (SSSR count). The summed E-state index contributed by atoms with van der Waals surface area (Å²) in [5.74, 6) is -2.44. The number of ether oxygens (including phenoxy) is 3. The maximum absolute atomic E-state index is 13.4. The average molecular weight is 543 g/mol. The predicted octanol–water partition coefficient (Wildman–Crippen LogP) is 0.787. The van der Waals surface area contributed by atoms with Gasteiger partial charge in [0.25, 0.3) is 0 Å². The average Bonchev–Trinajstić information content (AvgIpc) is 2.90. The van der Waals surface area contributed by atoms with E-state index in [0.717, 1.165) is 0 Å². The maximum atomic E-state index is 13.4. The summed E-state index contributed by atoms with van der Waals surface area (Å²) in [7, 11) is 1.35. The van der Waals surface area contributed by atoms with E-state index < -0.39 is 72.0 Å². The molecule has 1 saturated heterocycles. The van der Waals surface area contributed by atoms with Crippen molar-refractivity contribution in [1.29, 1.82) is 0 Å². The normalized spacial score (nSPS) is 29.7. The Morgan fingerprint density at radius 1 is 1.15 bits per heavy atom. The summed E-state index contributed by atoms with van der Waals surface area (Å²) < 4.78 is 17.0. The second-order valence-corrected chi connectivity index (χ2v) is 10.3. The Morgan fingerprint density at radius 3 is 2.36 bits per heavy atom. The van der Waals surface area contributed by atoms with Crippen LogP contribution >= 0.6 is 0 Å². The molecule has 7 N–H and O–H groups in total. The number of aliphatic hydroxyl groups is 2. The summed E-state index contributed by atoms with van der Waals surface area (Å²) in [6, 6.07) is 5.39. The van der Waals surface area contributed by atoms with Gasteiger partial charge in [0, 0.05) is 54.6 Å². The molecule has 1 amide bonds. The largest absolute Gasteiger partial charge is 0.507 e. The molecular formula is C27H30N2O10. The number of phenolic OH excluding ortho intramolecular Hbond substituents is 2. The number of nitrogens with two attached hydrogens (primary N) is 1. The zero-order valence-electron chi connectivity index (χ0n) is 21.3. The molecule has 4 unspecified atom stereocenters. The topological polar surface area (TPSA) is 198 Å². The number of hydrogen-bond acceptors (Lipinski definition) is 11. The molecule has 0 aromatic heterocycles. The van der Waals surface area contributed by atoms with E-state index in [2.05, 4.69) is 5.32 Å². The van der Waals surface area contributed by atoms with Crippen LogP contribution in [0.5, 0.6) is 11.5 Å². The van der Waals surface area contributed by atoms with E-state index in [9.17, 15) is 34.8 Å². The van der Waals surface area contributed by atoms with Crippen molar-refractivity contribution in [3.63, 3.8) is 0 Å². The zero-order chi connectivity index (χ0) is 28.2. The molecule has 1 aliphatic heterocycles. The molecule has 12 heteroatoms. The fraction of sp³-hybridized carbons (Fsp3) is 0.444. The van der Waals surface area contributed by atoms with Crippen LogP contribution in [-0.2, 0) is 20.6 Å². The van der Waals surface area contributed by atoms with E-state index in [1.165, 1.54) is 19.2 Å². The number of amides is 1. The smallest absolute Gasteiger partial charge is 0.406 e. The van der Waals surface area contributed by atoms with E-state index in [0.29, 0.717) is 0 Å². The quantitative estimate of drug-likeness (QED) is 0.255. The molecule has 2 aromatic rings. The lowest BCUT2D eigenvalue weighted by atomic mass is 9.73. The first-order valence-electron chi connectivity index (χ1n) is 12.6. The van der Waals surface area contributed by atoms with Crippen molar-refractivity contribution in [1.82, 2.24) is 5.32 Å². The fourth-order valence-electron chi connectivity index (χ4n) is 5.61. The zero-order valence-corrected chi connectivity index (χ0v) is 21.3. The van der Waals surface area contributed by atoms with E-state index >= 15 is 0 Å². The summed E-state index contributed by atoms with van der Waals surface area (Å²) in [6.07, 6.45) is -5.05. The summed E-state index contributed by atoms with van der Waals surface area (Å²) in [6.45, 7) is 1.11. The Balaban J connectivity index is 1.62. The van der Waals surface area contributed by atoms with Gasteiger partial charge in [-0.05, 0) is 6.92 Å². The van der Waals surface area contributed by atoms with Gasteiger partial charge in [0.1, 0.15) is 23.7 Å². The highest BCUT2D eigenvalue weighted by Gasteiger charge is 2.48. The van der Waals surface area contributed by atoms with Crippen LogP contribution in [-0.4, -0.2) is 81.9 Å². The Kier molecular flexibility index (Phi) is 6.85. The van der Waals surface area contributed by atoms with Crippen LogP contribution < -0.4 is 11.1 Å². The summed E-state index contributed by atoms with van der Waals surface area (Å²) in [5, 5.41) is 46.7. The van der Waals surface area contributed by atoms with E-state index in [1.54, 1.807) is 19.1 Å². The Morgan fingerprint density at radius 2 is 1.77 bits per heavy atom. The van der Waals surface area contributed by atoms with Crippen molar-refractivity contribution in [2.75, 3.05) is 13.7 Å². The lowest BCUT2D eigenvalue weighted by Crippen LogP contribution is -2.52. The minimum atomic E-state index is -1.79. The molecule has 0 spiro atoms. The third kappa shape index (κ3) is 4.53. The molecule has 0 saturated carbocycles. The molecule has 0 bridgehead atoms. The summed E-state index contributed by atoms with van der Waals surface area (Å²) in [4.78, 5) is 38.5. The summed E-state index contributed by atoms with van der Waals surface area (Å²) in [5.41, 5.74) is 3.64. The van der Waals surface area contributed by atoms with E-state index in [1.807, 2.05) is 0 Å². The van der Waals surface area contributed by atoms with Crippen molar-refractivity contribution in [3.8, 4) is 11.5 Å². The van der Waals surface area contributed by atoms with Gasteiger partial charge in [-0.3, -0.25) is 9.59 Å². The van der Waals surface area contributed by atoms with Crippen molar-refractivity contribution in [3.05, 3.63) is 57.6 Å². The Bertz CT molecular complexity index is 1350. The van der Waals surface area contributed by atoms with Gasteiger partial charge < -0.3 is 45.7 Å². The van der Waals surface area contributed by atoms with E-state index in [4.69, 9.17) is 19.9 Å². The molecule has 2 aromatic carbocycles. The first kappa shape index (κ1) is 27.0. The third-order valence-corrected chi connectivity index (χ3v) is 7.60. The molecule has 6 atom stereocenters. The fourth-order valence-corrected chi connectivity index (χ4v) is 5.61. The van der Waals surface area contributed by atoms with Crippen molar-refractivity contribution in [2.45, 2.75) is 62.4 Å². The third-order valence-electron chi connectivity index (χ3n) is 7.60. The van der Waals surface area contributed by atoms with Gasteiger partial charge in [-0.1, -0.05) is 24.3 Å².